The second kappa shape index (κ2) is 10.5. The summed E-state index contributed by atoms with van der Waals surface area (Å²) in [6.07, 6.45) is 3.86. The van der Waals surface area contributed by atoms with Crippen molar-refractivity contribution in [3.8, 4) is 33.9 Å². The third-order valence-corrected chi connectivity index (χ3v) is 9.60. The molecule has 0 radical (unpaired) electrons. The van der Waals surface area contributed by atoms with E-state index in [0.717, 1.165) is 55.6 Å². The first kappa shape index (κ1) is 26.7. The summed E-state index contributed by atoms with van der Waals surface area (Å²) < 4.78 is 4.71. The molecular weight excluding hydrogens is 585 g/mol. The highest BCUT2D eigenvalue weighted by Gasteiger charge is 2.21. The average Bonchev–Trinajstić information content (AvgIpc) is 3.73. The minimum Gasteiger partial charge on any atom is -0.309 e. The van der Waals surface area contributed by atoms with E-state index in [-0.39, 0.29) is 0 Å². The smallest absolute Gasteiger partial charge is 0.145 e. The van der Waals surface area contributed by atoms with Gasteiger partial charge in [-0.1, -0.05) is 127 Å². The lowest BCUT2D eigenvalue weighted by Gasteiger charge is -2.14. The van der Waals surface area contributed by atoms with Crippen LogP contribution < -0.4 is 0 Å². The largest absolute Gasteiger partial charge is 0.309 e. The number of aromatic nitrogens is 4. The Labute approximate surface area is 276 Å². The summed E-state index contributed by atoms with van der Waals surface area (Å²) >= 11 is 0. The Kier molecular flexibility index (Phi) is 5.84. The normalized spacial score (nSPS) is 11.8. The van der Waals surface area contributed by atoms with Crippen molar-refractivity contribution in [2.75, 3.05) is 0 Å². The van der Waals surface area contributed by atoms with Gasteiger partial charge in [-0.25, -0.2) is 4.98 Å². The molecule has 0 bridgehead atoms. The zero-order chi connectivity index (χ0) is 31.6. The number of pyridine rings is 1. The van der Waals surface area contributed by atoms with Crippen LogP contribution in [0.4, 0.5) is 0 Å². The van der Waals surface area contributed by atoms with E-state index in [1.807, 2.05) is 12.4 Å². The van der Waals surface area contributed by atoms with Crippen molar-refractivity contribution in [2.45, 2.75) is 0 Å². The molecule has 0 aliphatic carbocycles. The van der Waals surface area contributed by atoms with Gasteiger partial charge in [-0.05, 0) is 46.7 Å². The third kappa shape index (κ3) is 3.90. The summed E-state index contributed by atoms with van der Waals surface area (Å²) in [6.45, 7) is 0. The highest BCUT2D eigenvalue weighted by molar-refractivity contribution is 6.24. The molecular formula is C44H28N4. The molecule has 0 amide bonds. The number of rotatable bonds is 4. The lowest BCUT2D eigenvalue weighted by atomic mass is 9.99. The van der Waals surface area contributed by atoms with Gasteiger partial charge in [0.1, 0.15) is 5.82 Å². The van der Waals surface area contributed by atoms with E-state index in [4.69, 9.17) is 4.98 Å². The van der Waals surface area contributed by atoms with E-state index >= 15 is 0 Å². The molecule has 4 heteroatoms. The lowest BCUT2D eigenvalue weighted by Crippen LogP contribution is -1.99. The number of imidazole rings is 1. The number of hydrogen-bond donors (Lipinski definition) is 0. The number of nitrogens with zero attached hydrogens (tertiary/aromatic N) is 4. The van der Waals surface area contributed by atoms with Crippen molar-refractivity contribution in [3.05, 3.63) is 170 Å². The number of para-hydroxylation sites is 2. The molecule has 7 aromatic carbocycles. The van der Waals surface area contributed by atoms with E-state index in [1.165, 1.54) is 32.6 Å². The van der Waals surface area contributed by atoms with Crippen LogP contribution in [0, 0.1) is 0 Å². The van der Waals surface area contributed by atoms with Gasteiger partial charge in [-0.2, -0.15) is 0 Å². The van der Waals surface area contributed by atoms with Crippen LogP contribution in [0.1, 0.15) is 0 Å². The molecule has 48 heavy (non-hydrogen) atoms. The molecule has 3 aromatic heterocycles. The predicted octanol–water partition coefficient (Wildman–Crippen LogP) is 11.2. The van der Waals surface area contributed by atoms with Crippen molar-refractivity contribution < 1.29 is 0 Å². The molecule has 0 saturated heterocycles. The summed E-state index contributed by atoms with van der Waals surface area (Å²) in [5.74, 6) is 0.929. The maximum absolute atomic E-state index is 5.38. The van der Waals surface area contributed by atoms with Crippen LogP contribution in [-0.2, 0) is 0 Å². The Morgan fingerprint density at radius 3 is 1.77 bits per heavy atom. The Bertz CT molecular complexity index is 2810. The van der Waals surface area contributed by atoms with Crippen LogP contribution in [-0.4, -0.2) is 19.1 Å². The topological polar surface area (TPSA) is 35.6 Å². The van der Waals surface area contributed by atoms with E-state index in [0.29, 0.717) is 0 Å². The van der Waals surface area contributed by atoms with Gasteiger partial charge in [-0.3, -0.25) is 9.55 Å². The van der Waals surface area contributed by atoms with Crippen LogP contribution >= 0.6 is 0 Å². The Balaban J connectivity index is 1.24. The van der Waals surface area contributed by atoms with Crippen LogP contribution in [0.25, 0.3) is 88.3 Å². The molecule has 0 saturated carbocycles. The average molecular weight is 613 g/mol. The molecule has 0 aliphatic heterocycles. The molecule has 0 unspecified atom stereocenters. The zero-order valence-corrected chi connectivity index (χ0v) is 26.0. The highest BCUT2D eigenvalue weighted by Crippen LogP contribution is 2.41. The molecule has 0 aliphatic rings. The van der Waals surface area contributed by atoms with Gasteiger partial charge in [0.25, 0.3) is 0 Å². The van der Waals surface area contributed by atoms with Gasteiger partial charge >= 0.3 is 0 Å². The maximum Gasteiger partial charge on any atom is 0.145 e. The molecule has 0 spiro atoms. The monoisotopic (exact) mass is 612 g/mol. The van der Waals surface area contributed by atoms with E-state index in [1.54, 1.807) is 0 Å². The van der Waals surface area contributed by atoms with Crippen LogP contribution in [0.5, 0.6) is 0 Å². The minimum absolute atomic E-state index is 0.929. The second-order valence-electron chi connectivity index (χ2n) is 12.2. The number of benzene rings is 7. The number of hydrogen-bond acceptors (Lipinski definition) is 2. The first-order valence-corrected chi connectivity index (χ1v) is 16.3. The van der Waals surface area contributed by atoms with E-state index in [2.05, 4.69) is 172 Å². The van der Waals surface area contributed by atoms with Crippen molar-refractivity contribution in [1.29, 1.82) is 0 Å². The van der Waals surface area contributed by atoms with Gasteiger partial charge in [0.15, 0.2) is 0 Å². The van der Waals surface area contributed by atoms with Crippen molar-refractivity contribution in [3.63, 3.8) is 0 Å². The quantitative estimate of drug-likeness (QED) is 0.185. The summed E-state index contributed by atoms with van der Waals surface area (Å²) in [5, 5.41) is 7.13. The van der Waals surface area contributed by atoms with Crippen molar-refractivity contribution >= 4 is 54.4 Å². The fraction of sp³-hybridized carbons (Fsp3) is 0. The minimum atomic E-state index is 0.929. The summed E-state index contributed by atoms with van der Waals surface area (Å²) in [4.78, 5) is 9.87. The predicted molar refractivity (Wildman–Crippen MR) is 199 cm³/mol. The fourth-order valence-corrected chi connectivity index (χ4v) is 7.52. The molecule has 0 atom stereocenters. The highest BCUT2D eigenvalue weighted by atomic mass is 15.1. The van der Waals surface area contributed by atoms with Crippen LogP contribution in [0.3, 0.4) is 0 Å². The standard InChI is InChI=1S/C44H28N4/c1-3-12-30(13-4-1)44-46-41-36-18-9-7-16-34(36)35-17-8-10-19-37(35)43(41)48(44)32-24-22-29(23-25-32)33-20-11-21-38-39-28-45-27-26-40(39)47(42(33)38)31-14-5-2-6-15-31/h1-28H. The molecule has 224 valence electrons. The first-order valence-electron chi connectivity index (χ1n) is 16.3. The second-order valence-corrected chi connectivity index (χ2v) is 12.2. The summed E-state index contributed by atoms with van der Waals surface area (Å²) in [7, 11) is 0. The van der Waals surface area contributed by atoms with E-state index < -0.39 is 0 Å². The Morgan fingerprint density at radius 1 is 0.396 bits per heavy atom. The van der Waals surface area contributed by atoms with Gasteiger partial charge in [0, 0.05) is 56.4 Å². The zero-order valence-electron chi connectivity index (χ0n) is 26.0. The van der Waals surface area contributed by atoms with Gasteiger partial charge < -0.3 is 4.57 Å². The van der Waals surface area contributed by atoms with Crippen LogP contribution in [0.15, 0.2) is 170 Å². The van der Waals surface area contributed by atoms with E-state index in [9.17, 15) is 0 Å². The van der Waals surface area contributed by atoms with Gasteiger partial charge in [0.05, 0.1) is 22.1 Å². The van der Waals surface area contributed by atoms with Crippen molar-refractivity contribution in [2.24, 2.45) is 0 Å². The molecule has 0 fully saturated rings. The number of fused-ring (bicyclic) bond motifs is 9. The maximum atomic E-state index is 5.38. The first-order chi connectivity index (χ1) is 23.8. The van der Waals surface area contributed by atoms with Crippen molar-refractivity contribution in [1.82, 2.24) is 19.1 Å². The molecule has 10 aromatic rings. The Hall–Kier alpha value is -6.52. The molecule has 0 N–H and O–H groups in total. The van der Waals surface area contributed by atoms with Gasteiger partial charge in [-0.15, -0.1) is 0 Å². The SMILES string of the molecule is c1ccc(-c2nc3c4ccccc4c4ccccc4c3n2-c2ccc(-c3cccc4c5cnccc5n(-c5ccccc5)c34)cc2)cc1. The molecule has 4 nitrogen and oxygen atoms in total. The molecule has 10 rings (SSSR count). The third-order valence-electron chi connectivity index (χ3n) is 9.60. The molecule has 3 heterocycles. The summed E-state index contributed by atoms with van der Waals surface area (Å²) in [6, 6.07) is 56.1. The Morgan fingerprint density at radius 2 is 1.00 bits per heavy atom. The van der Waals surface area contributed by atoms with Crippen LogP contribution in [0.2, 0.25) is 0 Å². The summed E-state index contributed by atoms with van der Waals surface area (Å²) in [5.41, 5.74) is 10.1. The van der Waals surface area contributed by atoms with Gasteiger partial charge in [0.2, 0.25) is 0 Å². The fourth-order valence-electron chi connectivity index (χ4n) is 7.52. The lowest BCUT2D eigenvalue weighted by molar-refractivity contribution is 1.11.